The van der Waals surface area contributed by atoms with Crippen LogP contribution >= 0.6 is 0 Å². The highest BCUT2D eigenvalue weighted by atomic mass is 19.3. The van der Waals surface area contributed by atoms with E-state index in [1.54, 1.807) is 6.20 Å². The fourth-order valence-corrected chi connectivity index (χ4v) is 5.24. The Morgan fingerprint density at radius 3 is 2.50 bits per heavy atom. The summed E-state index contributed by atoms with van der Waals surface area (Å²) in [6.45, 7) is 1.04. The van der Waals surface area contributed by atoms with Gasteiger partial charge in [0.25, 0.3) is 0 Å². The average molecular weight is 417 g/mol. The maximum atomic E-state index is 12.7. The van der Waals surface area contributed by atoms with E-state index in [-0.39, 0.29) is 11.6 Å². The molecule has 4 aliphatic rings. The van der Waals surface area contributed by atoms with Gasteiger partial charge in [-0.2, -0.15) is 13.9 Å². The Morgan fingerprint density at radius 2 is 1.90 bits per heavy atom. The van der Waals surface area contributed by atoms with Gasteiger partial charge in [0, 0.05) is 36.5 Å². The van der Waals surface area contributed by atoms with Crippen molar-refractivity contribution in [2.24, 2.45) is 11.8 Å². The molecule has 160 valence electrons. The Balaban J connectivity index is 1.28. The van der Waals surface area contributed by atoms with Gasteiger partial charge in [0.1, 0.15) is 0 Å². The minimum absolute atomic E-state index is 0.0468. The number of ether oxygens (including phenoxy) is 2. The molecule has 2 N–H and O–H groups in total. The fraction of sp³-hybridized carbons (Fsp3) is 0.619. The maximum absolute atomic E-state index is 12.7. The van der Waals surface area contributed by atoms with Crippen LogP contribution in [0.3, 0.4) is 0 Å². The van der Waals surface area contributed by atoms with Gasteiger partial charge in [0.2, 0.25) is 0 Å². The predicted octanol–water partition coefficient (Wildman–Crippen LogP) is 2.90. The molecule has 2 aromatic rings. The van der Waals surface area contributed by atoms with Crippen LogP contribution in [0.25, 0.3) is 11.3 Å². The van der Waals surface area contributed by atoms with Crippen molar-refractivity contribution in [2.75, 3.05) is 32.0 Å². The van der Waals surface area contributed by atoms with Gasteiger partial charge in [-0.05, 0) is 43.2 Å². The van der Waals surface area contributed by atoms with E-state index in [9.17, 15) is 8.78 Å². The van der Waals surface area contributed by atoms with Crippen LogP contribution in [0.4, 0.5) is 14.6 Å². The third-order valence-electron chi connectivity index (χ3n) is 7.28. The van der Waals surface area contributed by atoms with Crippen molar-refractivity contribution < 1.29 is 18.3 Å². The average Bonchev–Trinajstić information content (AvgIpc) is 2.97. The molecule has 0 bridgehead atoms. The summed E-state index contributed by atoms with van der Waals surface area (Å²) in [6, 6.07) is 4.67. The van der Waals surface area contributed by atoms with Crippen molar-refractivity contribution in [1.29, 1.82) is 0 Å². The predicted molar refractivity (Wildman–Crippen MR) is 105 cm³/mol. The first-order chi connectivity index (χ1) is 14.6. The Bertz CT molecular complexity index is 947. The van der Waals surface area contributed by atoms with E-state index in [2.05, 4.69) is 25.4 Å². The van der Waals surface area contributed by atoms with Gasteiger partial charge in [-0.15, -0.1) is 0 Å². The Morgan fingerprint density at radius 1 is 1.13 bits per heavy atom. The second-order valence-corrected chi connectivity index (χ2v) is 8.97. The van der Waals surface area contributed by atoms with E-state index in [1.807, 2.05) is 0 Å². The lowest BCUT2D eigenvalue weighted by molar-refractivity contribution is -0.0610. The zero-order chi connectivity index (χ0) is 20.4. The van der Waals surface area contributed by atoms with Crippen molar-refractivity contribution >= 4 is 5.82 Å². The van der Waals surface area contributed by atoms with E-state index in [1.165, 1.54) is 18.2 Å². The molecule has 0 unspecified atom stereocenters. The first-order valence-corrected chi connectivity index (χ1v) is 10.7. The number of alkyl halides is 2. The molecule has 4 fully saturated rings. The number of pyridine rings is 1. The lowest BCUT2D eigenvalue weighted by Gasteiger charge is -2.36. The summed E-state index contributed by atoms with van der Waals surface area (Å²) in [6.07, 6.45) is 5.09. The molecule has 9 heteroatoms. The Hall–Kier alpha value is -2.26. The topological polar surface area (TPSA) is 78.4 Å². The summed E-state index contributed by atoms with van der Waals surface area (Å²) in [7, 11) is 0. The number of hydrogen-bond donors (Lipinski definition) is 1. The number of hydrogen-bond acceptors (Lipinski definition) is 6. The largest absolute Gasteiger partial charge is 0.431 e. The molecular weight excluding hydrogens is 392 g/mol. The quantitative estimate of drug-likeness (QED) is 0.779. The van der Waals surface area contributed by atoms with E-state index in [0.717, 1.165) is 44.8 Å². The molecule has 6 rings (SSSR count). The number of likely N-dealkylation sites (tertiary alicyclic amines) is 1. The molecule has 2 aromatic heterocycles. The number of aromatic nitrogens is 3. The van der Waals surface area contributed by atoms with Crippen LogP contribution in [-0.2, 0) is 4.74 Å². The third kappa shape index (κ3) is 2.98. The number of piperidine rings is 1. The van der Waals surface area contributed by atoms with Crippen molar-refractivity contribution in [1.82, 2.24) is 19.7 Å². The number of nitrogen functional groups attached to an aromatic ring is 1. The van der Waals surface area contributed by atoms with Crippen LogP contribution < -0.4 is 10.5 Å². The molecule has 4 heterocycles. The second kappa shape index (κ2) is 6.88. The monoisotopic (exact) mass is 417 g/mol. The lowest BCUT2D eigenvalue weighted by Crippen LogP contribution is -2.48. The second-order valence-electron chi connectivity index (χ2n) is 8.97. The number of nitrogens with two attached hydrogens (primary N) is 1. The molecule has 2 saturated carbocycles. The van der Waals surface area contributed by atoms with E-state index < -0.39 is 6.61 Å². The molecule has 0 spiro atoms. The molecule has 30 heavy (non-hydrogen) atoms. The van der Waals surface area contributed by atoms with Gasteiger partial charge in [-0.25, -0.2) is 4.98 Å². The minimum atomic E-state index is -2.94. The molecule has 3 atom stereocenters. The third-order valence-corrected chi connectivity index (χ3v) is 7.28. The highest BCUT2D eigenvalue weighted by Crippen LogP contribution is 2.59. The van der Waals surface area contributed by atoms with Crippen molar-refractivity contribution in [2.45, 2.75) is 43.9 Å². The van der Waals surface area contributed by atoms with Gasteiger partial charge in [-0.3, -0.25) is 9.58 Å². The van der Waals surface area contributed by atoms with E-state index in [0.29, 0.717) is 35.4 Å². The number of rotatable bonds is 6. The Labute approximate surface area is 173 Å². The summed E-state index contributed by atoms with van der Waals surface area (Å²) in [5, 5.41) is 4.88. The van der Waals surface area contributed by atoms with Crippen LogP contribution in [0.5, 0.6) is 5.75 Å². The van der Waals surface area contributed by atoms with Gasteiger partial charge in [0.15, 0.2) is 11.6 Å². The molecule has 0 aromatic carbocycles. The van der Waals surface area contributed by atoms with Crippen molar-refractivity contribution in [3.8, 4) is 17.0 Å². The highest BCUT2D eigenvalue weighted by molar-refractivity contribution is 5.64. The maximum Gasteiger partial charge on any atom is 0.387 e. The van der Waals surface area contributed by atoms with Gasteiger partial charge in [-0.1, -0.05) is 0 Å². The molecule has 2 saturated heterocycles. The van der Waals surface area contributed by atoms with Crippen LogP contribution in [-0.4, -0.2) is 58.6 Å². The van der Waals surface area contributed by atoms with Crippen LogP contribution in [0.1, 0.15) is 36.9 Å². The standard InChI is InChI=1S/C21H25F2N5O2/c22-21(23)30-18-4-11(6-25-20(18)24)16-5-17(28(26-16)12-2-1-3-12)19-14-7-27(8-15(14)19)13-9-29-10-13/h4-6,12-15,19,21H,1-3,7-10H2,(H2,24,25)/t14-,15+,19-. The zero-order valence-electron chi connectivity index (χ0n) is 16.6. The van der Waals surface area contributed by atoms with E-state index in [4.69, 9.17) is 15.6 Å². The molecule has 0 amide bonds. The van der Waals surface area contributed by atoms with Crippen LogP contribution in [0.2, 0.25) is 0 Å². The smallest absolute Gasteiger partial charge is 0.387 e. The molecule has 7 nitrogen and oxygen atoms in total. The van der Waals surface area contributed by atoms with Crippen LogP contribution in [0, 0.1) is 11.8 Å². The summed E-state index contributed by atoms with van der Waals surface area (Å²) in [4.78, 5) is 6.61. The lowest BCUT2D eigenvalue weighted by atomic mass is 9.93. The number of nitrogens with zero attached hydrogens (tertiary/aromatic N) is 4. The summed E-state index contributed by atoms with van der Waals surface area (Å²) in [5.74, 6) is 1.73. The van der Waals surface area contributed by atoms with Gasteiger partial charge in [0.05, 0.1) is 31.0 Å². The number of anilines is 1. The Kier molecular flexibility index (Phi) is 4.24. The molecular formula is C21H25F2N5O2. The molecule has 0 radical (unpaired) electrons. The number of fused-ring (bicyclic) bond motifs is 1. The van der Waals surface area contributed by atoms with Gasteiger partial charge < -0.3 is 15.2 Å². The first kappa shape index (κ1) is 18.5. The fourth-order valence-electron chi connectivity index (χ4n) is 5.24. The van der Waals surface area contributed by atoms with Gasteiger partial charge >= 0.3 is 6.61 Å². The SMILES string of the molecule is Nc1ncc(-c2cc([C@@H]3[C@@H]4CN(C5COC5)C[C@@H]43)n(C3CCC3)n2)cc1OC(F)F. The molecule has 2 aliphatic carbocycles. The van der Waals surface area contributed by atoms with Crippen molar-refractivity contribution in [3.05, 3.63) is 24.0 Å². The number of halogens is 2. The summed E-state index contributed by atoms with van der Waals surface area (Å²) in [5.41, 5.74) is 8.37. The van der Waals surface area contributed by atoms with Crippen molar-refractivity contribution in [3.63, 3.8) is 0 Å². The minimum Gasteiger partial charge on any atom is -0.431 e. The van der Waals surface area contributed by atoms with E-state index >= 15 is 0 Å². The summed E-state index contributed by atoms with van der Waals surface area (Å²) >= 11 is 0. The molecule has 2 aliphatic heterocycles. The highest BCUT2D eigenvalue weighted by Gasteiger charge is 2.59. The first-order valence-electron chi connectivity index (χ1n) is 10.7. The van der Waals surface area contributed by atoms with Crippen LogP contribution in [0.15, 0.2) is 18.3 Å². The normalized spacial score (nSPS) is 29.0. The zero-order valence-corrected chi connectivity index (χ0v) is 16.6. The summed E-state index contributed by atoms with van der Waals surface area (Å²) < 4.78 is 37.4.